The number of ketones is 1. The Balaban J connectivity index is 1.97. The van der Waals surface area contributed by atoms with E-state index >= 15 is 0 Å². The maximum absolute atomic E-state index is 11.5. The van der Waals surface area contributed by atoms with Crippen molar-refractivity contribution in [2.24, 2.45) is 0 Å². The highest BCUT2D eigenvalue weighted by atomic mass is 31.0. The smallest absolute Gasteiger partial charge is 0.159 e. The van der Waals surface area contributed by atoms with Crippen molar-refractivity contribution in [3.8, 4) is 0 Å². The number of hydrogen-bond donors (Lipinski definition) is 0. The van der Waals surface area contributed by atoms with Gasteiger partial charge in [-0.25, -0.2) is 0 Å². The first kappa shape index (κ1) is 20.2. The zero-order valence-corrected chi connectivity index (χ0v) is 17.2. The van der Waals surface area contributed by atoms with Gasteiger partial charge in [0.15, 0.2) is 5.78 Å². The van der Waals surface area contributed by atoms with E-state index in [-0.39, 0.29) is 11.2 Å². The molecule has 28 heavy (non-hydrogen) atoms. The van der Waals surface area contributed by atoms with Gasteiger partial charge >= 0.3 is 0 Å². The Morgan fingerprint density at radius 2 is 1.11 bits per heavy atom. The van der Waals surface area contributed by atoms with Crippen LogP contribution >= 0.6 is 8.86 Å². The van der Waals surface area contributed by atoms with Crippen LogP contribution in [0.25, 0.3) is 0 Å². The average Bonchev–Trinajstić information content (AvgIpc) is 2.78. The highest BCUT2D eigenvalue weighted by molar-refractivity contribution is 7.22. The number of hydrogen-bond acceptors (Lipinski definition) is 1. The highest BCUT2D eigenvalue weighted by Crippen LogP contribution is 2.43. The van der Waals surface area contributed by atoms with Gasteiger partial charge in [-0.2, -0.15) is 0 Å². The predicted octanol–water partition coefficient (Wildman–Crippen LogP) is 6.49. The molecule has 1 nitrogen and oxygen atoms in total. The second kappa shape index (κ2) is 10.2. The number of unbranched alkanes of at least 4 members (excludes halogenated alkanes) is 2. The van der Waals surface area contributed by atoms with Gasteiger partial charge in [-0.05, 0) is 29.5 Å². The van der Waals surface area contributed by atoms with Crippen molar-refractivity contribution in [2.75, 3.05) is 0 Å². The standard InChI is InChI=1S/C26H27OP/c27-25(21-28)19-11-4-12-20-26(22-13-5-1-6-14-22,23-15-7-2-8-16-23)24-17-9-3-10-18-24/h1-3,5-10,13-18,21,28H,4,11-12,19-20H2. The van der Waals surface area contributed by atoms with Crippen molar-refractivity contribution in [1.82, 2.24) is 0 Å². The number of benzene rings is 3. The quantitative estimate of drug-likeness (QED) is 0.221. The molecule has 142 valence electrons. The van der Waals surface area contributed by atoms with Crippen LogP contribution in [0.2, 0.25) is 0 Å². The molecule has 0 radical (unpaired) electrons. The third-order valence-electron chi connectivity index (χ3n) is 5.44. The highest BCUT2D eigenvalue weighted by Gasteiger charge is 2.35. The van der Waals surface area contributed by atoms with E-state index in [4.69, 9.17) is 0 Å². The van der Waals surface area contributed by atoms with Gasteiger partial charge in [0.25, 0.3) is 0 Å². The second-order valence-corrected chi connectivity index (χ2v) is 7.46. The van der Waals surface area contributed by atoms with Crippen LogP contribution in [-0.4, -0.2) is 11.6 Å². The van der Waals surface area contributed by atoms with Crippen molar-refractivity contribution in [3.05, 3.63) is 108 Å². The number of Topliss-reactive ketones (excluding diaryl/α,β-unsaturated/α-hetero) is 1. The maximum Gasteiger partial charge on any atom is 0.159 e. The van der Waals surface area contributed by atoms with Gasteiger partial charge < -0.3 is 0 Å². The van der Waals surface area contributed by atoms with E-state index < -0.39 is 0 Å². The van der Waals surface area contributed by atoms with Crippen LogP contribution in [0, 0.1) is 0 Å². The van der Waals surface area contributed by atoms with Crippen LogP contribution in [0.4, 0.5) is 0 Å². The van der Waals surface area contributed by atoms with Crippen LogP contribution in [-0.2, 0) is 10.2 Å². The molecule has 2 heteroatoms. The second-order valence-electron chi connectivity index (χ2n) is 7.17. The van der Waals surface area contributed by atoms with Gasteiger partial charge in [0, 0.05) is 17.6 Å². The minimum absolute atomic E-state index is 0.164. The molecule has 3 aromatic carbocycles. The predicted molar refractivity (Wildman–Crippen MR) is 122 cm³/mol. The summed E-state index contributed by atoms with van der Waals surface area (Å²) in [5.41, 5.74) is 3.76. The van der Waals surface area contributed by atoms with Crippen LogP contribution in [0.3, 0.4) is 0 Å². The Morgan fingerprint density at radius 3 is 1.50 bits per heavy atom. The van der Waals surface area contributed by atoms with Crippen LogP contribution in [0.1, 0.15) is 48.8 Å². The minimum Gasteiger partial charge on any atom is -0.294 e. The molecule has 0 amide bonds. The number of carbonyl (C=O) groups excluding carboxylic acids is 1. The molecule has 0 aromatic heterocycles. The van der Waals surface area contributed by atoms with Crippen LogP contribution < -0.4 is 0 Å². The molecule has 0 aliphatic heterocycles. The molecule has 0 spiro atoms. The van der Waals surface area contributed by atoms with Gasteiger partial charge in [0.1, 0.15) is 0 Å². The topological polar surface area (TPSA) is 17.1 Å². The van der Waals surface area contributed by atoms with E-state index in [0.29, 0.717) is 6.42 Å². The molecule has 3 aromatic rings. The first-order valence-electron chi connectivity index (χ1n) is 9.97. The Bertz CT molecular complexity index is 775. The SMILES string of the molecule is O=C(C=P)CCCCCC(c1ccccc1)(c1ccccc1)c1ccccc1. The fourth-order valence-corrected chi connectivity index (χ4v) is 4.18. The lowest BCUT2D eigenvalue weighted by molar-refractivity contribution is -0.112. The lowest BCUT2D eigenvalue weighted by atomic mass is 9.66. The van der Waals surface area contributed by atoms with Gasteiger partial charge in [0.05, 0.1) is 0 Å². The fraction of sp³-hybridized carbons (Fsp3) is 0.231. The van der Waals surface area contributed by atoms with E-state index in [9.17, 15) is 4.79 Å². The summed E-state index contributed by atoms with van der Waals surface area (Å²) in [4.78, 5) is 11.5. The molecular formula is C26H27OP. The summed E-state index contributed by atoms with van der Waals surface area (Å²) in [5, 5.41) is 0. The van der Waals surface area contributed by atoms with Gasteiger partial charge in [-0.15, -0.1) is 8.86 Å². The number of rotatable bonds is 10. The van der Waals surface area contributed by atoms with Crippen molar-refractivity contribution in [3.63, 3.8) is 0 Å². The summed E-state index contributed by atoms with van der Waals surface area (Å²) in [5.74, 6) is 1.65. The molecule has 0 aliphatic rings. The Morgan fingerprint density at radius 1 is 0.679 bits per heavy atom. The Hall–Kier alpha value is -2.50. The summed E-state index contributed by atoms with van der Waals surface area (Å²) in [6.45, 7) is 0. The van der Waals surface area contributed by atoms with Crippen molar-refractivity contribution < 1.29 is 4.79 Å². The zero-order chi connectivity index (χ0) is 19.7. The summed E-state index contributed by atoms with van der Waals surface area (Å²) in [7, 11) is 3.18. The molecule has 0 saturated carbocycles. The monoisotopic (exact) mass is 386 g/mol. The maximum atomic E-state index is 11.5. The zero-order valence-electron chi connectivity index (χ0n) is 16.2. The molecule has 0 fully saturated rings. The molecule has 0 saturated heterocycles. The lowest BCUT2D eigenvalue weighted by Gasteiger charge is -2.36. The Kier molecular flexibility index (Phi) is 7.34. The molecular weight excluding hydrogens is 359 g/mol. The van der Waals surface area contributed by atoms with Gasteiger partial charge in [0.2, 0.25) is 0 Å². The van der Waals surface area contributed by atoms with Crippen molar-refractivity contribution in [2.45, 2.75) is 37.5 Å². The van der Waals surface area contributed by atoms with Crippen molar-refractivity contribution in [1.29, 1.82) is 0 Å². The summed E-state index contributed by atoms with van der Waals surface area (Å²) in [6.07, 6.45) is 4.65. The lowest BCUT2D eigenvalue weighted by Crippen LogP contribution is -2.29. The molecule has 0 N–H and O–H groups in total. The molecule has 0 aliphatic carbocycles. The fourth-order valence-electron chi connectivity index (χ4n) is 4.04. The summed E-state index contributed by atoms with van der Waals surface area (Å²) >= 11 is 0. The average molecular weight is 386 g/mol. The molecule has 0 atom stereocenters. The molecule has 0 unspecified atom stereocenters. The first-order chi connectivity index (χ1) is 13.8. The van der Waals surface area contributed by atoms with Crippen molar-refractivity contribution >= 4 is 20.4 Å². The normalized spacial score (nSPS) is 11.1. The van der Waals surface area contributed by atoms with Crippen LogP contribution in [0.5, 0.6) is 0 Å². The Labute approximate surface area is 170 Å². The van der Waals surface area contributed by atoms with E-state index in [0.717, 1.165) is 25.7 Å². The number of carbonyl (C=O) groups is 1. The third-order valence-corrected chi connectivity index (χ3v) is 5.76. The third kappa shape index (κ3) is 4.66. The van der Waals surface area contributed by atoms with E-state index in [1.165, 1.54) is 22.5 Å². The summed E-state index contributed by atoms with van der Waals surface area (Å²) in [6, 6.07) is 32.4. The van der Waals surface area contributed by atoms with E-state index in [2.05, 4.69) is 99.9 Å². The largest absolute Gasteiger partial charge is 0.294 e. The van der Waals surface area contributed by atoms with Gasteiger partial charge in [-0.1, -0.05) is 104 Å². The summed E-state index contributed by atoms with van der Waals surface area (Å²) < 4.78 is 0. The molecule has 0 bridgehead atoms. The minimum atomic E-state index is -0.186. The van der Waals surface area contributed by atoms with E-state index in [1.54, 1.807) is 0 Å². The first-order valence-corrected chi connectivity index (χ1v) is 10.5. The van der Waals surface area contributed by atoms with Crippen LogP contribution in [0.15, 0.2) is 91.0 Å². The molecule has 0 heterocycles. The molecule has 3 rings (SSSR count). The van der Waals surface area contributed by atoms with Gasteiger partial charge in [-0.3, -0.25) is 4.79 Å². The van der Waals surface area contributed by atoms with E-state index in [1.807, 2.05) is 0 Å².